The molecule has 8 heteroatoms. The summed E-state index contributed by atoms with van der Waals surface area (Å²) in [5, 5.41) is 0. The smallest absolute Gasteiger partial charge is 0.212 e. The number of sulfone groups is 1. The number of hydrogen-bond acceptors (Lipinski definition) is 5. The Morgan fingerprint density at radius 1 is 0.933 bits per heavy atom. The molecule has 0 bridgehead atoms. The highest BCUT2D eigenvalue weighted by atomic mass is 32.2. The first-order valence-corrected chi connectivity index (χ1v) is 11.6. The molecule has 3 N–H and O–H groups in total. The molecule has 30 heavy (non-hydrogen) atoms. The molecular weight excluding hydrogens is 398 g/mol. The van der Waals surface area contributed by atoms with E-state index in [-0.39, 0.29) is 15.6 Å². The first-order valence-electron chi connectivity index (χ1n) is 10.2. The molecule has 156 valence electrons. The number of quaternary nitrogens is 1. The number of fused-ring (bicyclic) bond motifs is 2. The number of nitrogen functional groups attached to an aromatic ring is 1. The number of rotatable bonds is 7. The van der Waals surface area contributed by atoms with Gasteiger partial charge in [-0.25, -0.2) is 18.4 Å². The average molecular weight is 425 g/mol. The van der Waals surface area contributed by atoms with E-state index in [1.165, 1.54) is 4.90 Å². The Hall–Kier alpha value is -2.97. The van der Waals surface area contributed by atoms with Crippen molar-refractivity contribution in [2.24, 2.45) is 0 Å². The molecule has 0 amide bonds. The van der Waals surface area contributed by atoms with Gasteiger partial charge in [-0.05, 0) is 38.1 Å². The molecule has 2 aromatic carbocycles. The number of para-hydroxylation sites is 2. The second-order valence-electron chi connectivity index (χ2n) is 7.27. The monoisotopic (exact) mass is 424 g/mol. The minimum Gasteiger partial charge on any atom is -0.384 e. The van der Waals surface area contributed by atoms with Gasteiger partial charge in [-0.3, -0.25) is 0 Å². The number of aromatic nitrogens is 3. The zero-order chi connectivity index (χ0) is 21.3. The average Bonchev–Trinajstić information content (AvgIpc) is 3.04. The van der Waals surface area contributed by atoms with Crippen LogP contribution >= 0.6 is 0 Å². The van der Waals surface area contributed by atoms with Crippen LogP contribution in [0.2, 0.25) is 0 Å². The summed E-state index contributed by atoms with van der Waals surface area (Å²) in [5.41, 5.74) is 8.65. The van der Waals surface area contributed by atoms with E-state index in [0.29, 0.717) is 28.7 Å². The normalized spacial score (nSPS) is 12.2. The molecule has 0 saturated carbocycles. The predicted octanol–water partition coefficient (Wildman–Crippen LogP) is 1.92. The highest BCUT2D eigenvalue weighted by Gasteiger charge is 2.30. The Balaban J connectivity index is 1.97. The van der Waals surface area contributed by atoms with Crippen molar-refractivity contribution in [2.45, 2.75) is 30.2 Å². The predicted molar refractivity (Wildman–Crippen MR) is 118 cm³/mol. The lowest BCUT2D eigenvalue weighted by Crippen LogP contribution is -3.11. The van der Waals surface area contributed by atoms with E-state index in [9.17, 15) is 8.42 Å². The SMILES string of the molecule is CC[NH+](CC)CCn1c(N)c(S(=O)(=O)c2ccccc2)c2nc3ccccc3nc21. The van der Waals surface area contributed by atoms with Crippen molar-refractivity contribution < 1.29 is 13.3 Å². The summed E-state index contributed by atoms with van der Waals surface area (Å²) in [4.78, 5) is 11.0. The van der Waals surface area contributed by atoms with Crippen LogP contribution in [-0.4, -0.2) is 42.6 Å². The summed E-state index contributed by atoms with van der Waals surface area (Å²) >= 11 is 0. The van der Waals surface area contributed by atoms with Crippen molar-refractivity contribution in [3.05, 3.63) is 54.6 Å². The molecule has 0 saturated heterocycles. The van der Waals surface area contributed by atoms with Crippen LogP contribution in [0.3, 0.4) is 0 Å². The van der Waals surface area contributed by atoms with E-state index in [1.807, 2.05) is 24.3 Å². The zero-order valence-electron chi connectivity index (χ0n) is 17.2. The molecule has 0 aliphatic carbocycles. The Morgan fingerprint density at radius 3 is 2.17 bits per heavy atom. The van der Waals surface area contributed by atoms with E-state index in [2.05, 4.69) is 18.8 Å². The molecule has 2 aromatic heterocycles. The molecule has 0 radical (unpaired) electrons. The number of hydrogen-bond donors (Lipinski definition) is 2. The Kier molecular flexibility index (Phi) is 5.44. The maximum atomic E-state index is 13.5. The molecule has 0 aliphatic rings. The summed E-state index contributed by atoms with van der Waals surface area (Å²) in [7, 11) is -3.85. The van der Waals surface area contributed by atoms with Gasteiger partial charge < -0.3 is 15.2 Å². The third-order valence-corrected chi connectivity index (χ3v) is 7.39. The molecule has 0 aliphatic heterocycles. The molecule has 4 rings (SSSR count). The van der Waals surface area contributed by atoms with Gasteiger partial charge >= 0.3 is 0 Å². The summed E-state index contributed by atoms with van der Waals surface area (Å²) in [6.07, 6.45) is 0. The second kappa shape index (κ2) is 8.04. The van der Waals surface area contributed by atoms with Crippen LogP contribution in [-0.2, 0) is 16.4 Å². The molecule has 0 atom stereocenters. The molecular formula is C22H26N5O2S+. The van der Waals surface area contributed by atoms with E-state index in [1.54, 1.807) is 34.9 Å². The Labute approximate surface area is 176 Å². The van der Waals surface area contributed by atoms with Crippen molar-refractivity contribution in [1.29, 1.82) is 0 Å². The van der Waals surface area contributed by atoms with E-state index in [4.69, 9.17) is 10.7 Å². The van der Waals surface area contributed by atoms with Crippen LogP contribution in [0.1, 0.15) is 13.8 Å². The number of benzene rings is 2. The second-order valence-corrected chi connectivity index (χ2v) is 9.16. The van der Waals surface area contributed by atoms with Crippen molar-refractivity contribution in [3.63, 3.8) is 0 Å². The summed E-state index contributed by atoms with van der Waals surface area (Å²) in [6.45, 7) is 7.62. The first-order chi connectivity index (χ1) is 14.5. The maximum absolute atomic E-state index is 13.5. The van der Waals surface area contributed by atoms with Crippen LogP contribution < -0.4 is 10.6 Å². The van der Waals surface area contributed by atoms with Crippen LogP contribution in [0.4, 0.5) is 5.82 Å². The van der Waals surface area contributed by atoms with Crippen LogP contribution in [0.15, 0.2) is 64.4 Å². The fourth-order valence-electron chi connectivity index (χ4n) is 3.77. The summed E-state index contributed by atoms with van der Waals surface area (Å²) in [5.74, 6) is 0.190. The van der Waals surface area contributed by atoms with Crippen molar-refractivity contribution >= 4 is 37.9 Å². The maximum Gasteiger partial charge on any atom is 0.212 e. The van der Waals surface area contributed by atoms with Gasteiger partial charge in [0.2, 0.25) is 9.84 Å². The highest BCUT2D eigenvalue weighted by molar-refractivity contribution is 7.92. The fourth-order valence-corrected chi connectivity index (χ4v) is 5.30. The van der Waals surface area contributed by atoms with Crippen LogP contribution in [0.25, 0.3) is 22.2 Å². The molecule has 4 aromatic rings. The standard InChI is InChI=1S/C22H25N5O2S/c1-3-26(4-2)14-15-27-21(23)20(30(28,29)16-10-6-5-7-11-16)19-22(27)25-18-13-9-8-12-17(18)24-19/h5-13H,3-4,14-15,23H2,1-2H3/p+1. The number of nitrogens with one attached hydrogen (secondary N) is 1. The van der Waals surface area contributed by atoms with Crippen molar-refractivity contribution in [2.75, 3.05) is 25.4 Å². The van der Waals surface area contributed by atoms with E-state index >= 15 is 0 Å². The van der Waals surface area contributed by atoms with Gasteiger partial charge in [-0.2, -0.15) is 0 Å². The minimum atomic E-state index is -3.85. The van der Waals surface area contributed by atoms with Gasteiger partial charge in [0.15, 0.2) is 5.65 Å². The van der Waals surface area contributed by atoms with Crippen LogP contribution in [0.5, 0.6) is 0 Å². The van der Waals surface area contributed by atoms with E-state index < -0.39 is 9.84 Å². The topological polar surface area (TPSA) is 95.3 Å². The number of anilines is 1. The van der Waals surface area contributed by atoms with Crippen LogP contribution in [0, 0.1) is 0 Å². The number of nitrogens with two attached hydrogens (primary N) is 1. The number of nitrogens with zero attached hydrogens (tertiary/aromatic N) is 3. The fraction of sp³-hybridized carbons (Fsp3) is 0.273. The molecule has 2 heterocycles. The summed E-state index contributed by atoms with van der Waals surface area (Å²) < 4.78 is 28.8. The van der Waals surface area contributed by atoms with Crippen molar-refractivity contribution in [3.8, 4) is 0 Å². The quantitative estimate of drug-likeness (QED) is 0.473. The number of likely N-dealkylation sites (N-methyl/N-ethyl adjacent to an activating group) is 1. The Morgan fingerprint density at radius 2 is 1.53 bits per heavy atom. The molecule has 0 spiro atoms. The lowest BCUT2D eigenvalue weighted by Gasteiger charge is -2.16. The first kappa shape index (κ1) is 20.3. The Bertz CT molecular complexity index is 1300. The summed E-state index contributed by atoms with van der Waals surface area (Å²) in [6, 6.07) is 15.8. The zero-order valence-corrected chi connectivity index (χ0v) is 18.0. The third-order valence-electron chi connectivity index (χ3n) is 5.56. The third kappa shape index (κ3) is 3.42. The lowest BCUT2D eigenvalue weighted by molar-refractivity contribution is -0.897. The van der Waals surface area contributed by atoms with Gasteiger partial charge in [0.1, 0.15) is 16.2 Å². The van der Waals surface area contributed by atoms with E-state index in [0.717, 1.165) is 19.6 Å². The van der Waals surface area contributed by atoms with Gasteiger partial charge in [-0.15, -0.1) is 0 Å². The van der Waals surface area contributed by atoms with Crippen molar-refractivity contribution in [1.82, 2.24) is 14.5 Å². The molecule has 7 nitrogen and oxygen atoms in total. The van der Waals surface area contributed by atoms with Gasteiger partial charge in [0.25, 0.3) is 0 Å². The van der Waals surface area contributed by atoms with Gasteiger partial charge in [0.05, 0.1) is 42.1 Å². The lowest BCUT2D eigenvalue weighted by atomic mass is 10.3. The molecule has 0 unspecified atom stereocenters. The molecule has 0 fully saturated rings. The van der Waals surface area contributed by atoms with Gasteiger partial charge in [0, 0.05) is 0 Å². The van der Waals surface area contributed by atoms with Gasteiger partial charge in [-0.1, -0.05) is 30.3 Å². The largest absolute Gasteiger partial charge is 0.384 e. The minimum absolute atomic E-state index is 0.0384. The highest BCUT2D eigenvalue weighted by Crippen LogP contribution is 2.35.